The van der Waals surface area contributed by atoms with Gasteiger partial charge in [0.1, 0.15) is 0 Å². The molecule has 1 heterocycles. The molecule has 96 valence electrons. The number of rotatable bonds is 2. The van der Waals surface area contributed by atoms with E-state index in [1.165, 1.54) is 37.7 Å². The second-order valence-electron chi connectivity index (χ2n) is 6.26. The fourth-order valence-corrected chi connectivity index (χ4v) is 4.11. The molecule has 2 N–H and O–H groups in total. The van der Waals surface area contributed by atoms with Crippen LogP contribution in [0.4, 0.5) is 0 Å². The summed E-state index contributed by atoms with van der Waals surface area (Å²) in [4.78, 5) is 0. The smallest absolute Gasteiger partial charge is 0.231 e. The lowest BCUT2D eigenvalue weighted by Crippen LogP contribution is -2.56. The third-order valence-electron chi connectivity index (χ3n) is 5.22. The molecule has 0 unspecified atom stereocenters. The monoisotopic (exact) mass is 245 g/mol. The predicted molar refractivity (Wildman–Crippen MR) is 68.8 cm³/mol. The lowest BCUT2D eigenvalue weighted by molar-refractivity contribution is -0.0447. The van der Waals surface area contributed by atoms with E-state index in [2.05, 4.69) is 12.1 Å². The third-order valence-corrected chi connectivity index (χ3v) is 5.22. The van der Waals surface area contributed by atoms with Gasteiger partial charge in [-0.1, -0.05) is 12.5 Å². The van der Waals surface area contributed by atoms with Crippen LogP contribution in [0.3, 0.4) is 0 Å². The second kappa shape index (κ2) is 3.41. The molecular formula is C15H19NO2. The Hall–Kier alpha value is -1.22. The summed E-state index contributed by atoms with van der Waals surface area (Å²) >= 11 is 0. The van der Waals surface area contributed by atoms with Crippen LogP contribution in [0.1, 0.15) is 37.7 Å². The van der Waals surface area contributed by atoms with Crippen molar-refractivity contribution in [2.24, 2.45) is 11.1 Å². The maximum absolute atomic E-state index is 6.07. The molecule has 3 heteroatoms. The van der Waals surface area contributed by atoms with Crippen LogP contribution in [0.5, 0.6) is 11.5 Å². The molecule has 0 aromatic heterocycles. The second-order valence-corrected chi connectivity index (χ2v) is 6.26. The van der Waals surface area contributed by atoms with Gasteiger partial charge in [-0.25, -0.2) is 0 Å². The number of hydrogen-bond acceptors (Lipinski definition) is 3. The van der Waals surface area contributed by atoms with Gasteiger partial charge in [0.15, 0.2) is 11.5 Å². The van der Waals surface area contributed by atoms with Gasteiger partial charge in [-0.2, -0.15) is 0 Å². The van der Waals surface area contributed by atoms with Crippen LogP contribution >= 0.6 is 0 Å². The largest absolute Gasteiger partial charge is 0.454 e. The zero-order valence-electron chi connectivity index (χ0n) is 10.6. The average molecular weight is 245 g/mol. The Morgan fingerprint density at radius 3 is 2.56 bits per heavy atom. The number of ether oxygens (including phenoxy) is 2. The SMILES string of the molecule is NCC1(c2ccc3c(c2)OCO3)CC2(CCC2)C1. The normalized spacial score (nSPS) is 25.6. The molecule has 1 aromatic carbocycles. The van der Waals surface area contributed by atoms with Gasteiger partial charge in [0, 0.05) is 12.0 Å². The van der Waals surface area contributed by atoms with Crippen LogP contribution in [0, 0.1) is 5.41 Å². The van der Waals surface area contributed by atoms with Crippen molar-refractivity contribution in [3.8, 4) is 11.5 Å². The molecule has 3 aliphatic rings. The molecule has 0 radical (unpaired) electrons. The molecule has 2 saturated carbocycles. The van der Waals surface area contributed by atoms with Crippen molar-refractivity contribution >= 4 is 0 Å². The molecule has 1 spiro atoms. The van der Waals surface area contributed by atoms with E-state index in [4.69, 9.17) is 15.2 Å². The van der Waals surface area contributed by atoms with Crippen molar-refractivity contribution in [3.63, 3.8) is 0 Å². The minimum atomic E-state index is 0.196. The van der Waals surface area contributed by atoms with Gasteiger partial charge < -0.3 is 15.2 Å². The minimum absolute atomic E-state index is 0.196. The highest BCUT2D eigenvalue weighted by molar-refractivity contribution is 5.48. The summed E-state index contributed by atoms with van der Waals surface area (Å²) in [6.07, 6.45) is 6.73. The van der Waals surface area contributed by atoms with E-state index in [0.717, 1.165) is 18.0 Å². The molecule has 0 bridgehead atoms. The number of benzene rings is 1. The van der Waals surface area contributed by atoms with Crippen LogP contribution in [-0.4, -0.2) is 13.3 Å². The Bertz CT molecular complexity index is 485. The van der Waals surface area contributed by atoms with Crippen molar-refractivity contribution in [1.82, 2.24) is 0 Å². The van der Waals surface area contributed by atoms with E-state index in [9.17, 15) is 0 Å². The predicted octanol–water partition coefficient (Wildman–Crippen LogP) is 2.58. The Morgan fingerprint density at radius 2 is 1.89 bits per heavy atom. The number of hydrogen-bond donors (Lipinski definition) is 1. The highest BCUT2D eigenvalue weighted by Gasteiger charge is 2.56. The molecule has 0 atom stereocenters. The Kier molecular flexibility index (Phi) is 2.03. The van der Waals surface area contributed by atoms with Crippen molar-refractivity contribution in [3.05, 3.63) is 23.8 Å². The van der Waals surface area contributed by atoms with Gasteiger partial charge >= 0.3 is 0 Å². The lowest BCUT2D eigenvalue weighted by Gasteiger charge is -2.61. The van der Waals surface area contributed by atoms with Crippen molar-refractivity contribution < 1.29 is 9.47 Å². The summed E-state index contributed by atoms with van der Waals surface area (Å²) in [7, 11) is 0. The summed E-state index contributed by atoms with van der Waals surface area (Å²) in [5.41, 5.74) is 8.24. The first-order valence-electron chi connectivity index (χ1n) is 6.86. The fraction of sp³-hybridized carbons (Fsp3) is 0.600. The number of nitrogens with two attached hydrogens (primary N) is 1. The Labute approximate surface area is 107 Å². The van der Waals surface area contributed by atoms with Gasteiger partial charge in [0.05, 0.1) is 0 Å². The van der Waals surface area contributed by atoms with Crippen LogP contribution in [-0.2, 0) is 5.41 Å². The van der Waals surface area contributed by atoms with Gasteiger partial charge in [0.2, 0.25) is 6.79 Å². The van der Waals surface area contributed by atoms with Gasteiger partial charge in [-0.05, 0) is 48.8 Å². The third kappa shape index (κ3) is 1.28. The van der Waals surface area contributed by atoms with Crippen molar-refractivity contribution in [1.29, 1.82) is 0 Å². The molecule has 18 heavy (non-hydrogen) atoms. The molecule has 0 amide bonds. The molecule has 2 aliphatic carbocycles. The summed E-state index contributed by atoms with van der Waals surface area (Å²) in [6, 6.07) is 6.34. The van der Waals surface area contributed by atoms with Gasteiger partial charge in [0.25, 0.3) is 0 Å². The molecule has 2 fully saturated rings. The van der Waals surface area contributed by atoms with Crippen molar-refractivity contribution in [2.75, 3.05) is 13.3 Å². The lowest BCUT2D eigenvalue weighted by atomic mass is 9.44. The standard InChI is InChI=1S/C15H19NO2/c16-9-15(7-14(8-15)4-1-5-14)11-2-3-12-13(6-11)18-10-17-12/h2-3,6H,1,4-5,7-10,16H2. The fourth-order valence-electron chi connectivity index (χ4n) is 4.11. The van der Waals surface area contributed by atoms with E-state index in [1.54, 1.807) is 0 Å². The summed E-state index contributed by atoms with van der Waals surface area (Å²) in [5, 5.41) is 0. The summed E-state index contributed by atoms with van der Waals surface area (Å²) < 4.78 is 10.8. The molecule has 3 nitrogen and oxygen atoms in total. The first kappa shape index (κ1) is 10.7. The van der Waals surface area contributed by atoms with Crippen LogP contribution in [0.2, 0.25) is 0 Å². The zero-order valence-corrected chi connectivity index (χ0v) is 10.6. The first-order chi connectivity index (χ1) is 8.75. The molecular weight excluding hydrogens is 226 g/mol. The quantitative estimate of drug-likeness (QED) is 0.871. The van der Waals surface area contributed by atoms with Crippen LogP contribution in [0.15, 0.2) is 18.2 Å². The summed E-state index contributed by atoms with van der Waals surface area (Å²) in [6.45, 7) is 1.09. The maximum Gasteiger partial charge on any atom is 0.231 e. The van der Waals surface area contributed by atoms with E-state index in [1.807, 2.05) is 6.07 Å². The molecule has 0 saturated heterocycles. The summed E-state index contributed by atoms with van der Waals surface area (Å²) in [5.74, 6) is 1.75. The van der Waals surface area contributed by atoms with Crippen molar-refractivity contribution in [2.45, 2.75) is 37.5 Å². The average Bonchev–Trinajstić information content (AvgIpc) is 2.74. The topological polar surface area (TPSA) is 44.5 Å². The molecule has 4 rings (SSSR count). The highest BCUT2D eigenvalue weighted by Crippen LogP contribution is 2.64. The first-order valence-corrected chi connectivity index (χ1v) is 6.86. The molecule has 1 aromatic rings. The van der Waals surface area contributed by atoms with Gasteiger partial charge in [-0.3, -0.25) is 0 Å². The minimum Gasteiger partial charge on any atom is -0.454 e. The van der Waals surface area contributed by atoms with Crippen LogP contribution < -0.4 is 15.2 Å². The van der Waals surface area contributed by atoms with E-state index >= 15 is 0 Å². The van der Waals surface area contributed by atoms with Gasteiger partial charge in [-0.15, -0.1) is 0 Å². The molecule has 1 aliphatic heterocycles. The van der Waals surface area contributed by atoms with E-state index in [-0.39, 0.29) is 5.41 Å². The maximum atomic E-state index is 6.07. The zero-order chi connectivity index (χ0) is 12.2. The number of fused-ring (bicyclic) bond motifs is 1. The Morgan fingerprint density at radius 1 is 1.11 bits per heavy atom. The highest BCUT2D eigenvalue weighted by atomic mass is 16.7. The van der Waals surface area contributed by atoms with E-state index < -0.39 is 0 Å². The Balaban J connectivity index is 1.65. The van der Waals surface area contributed by atoms with Crippen LogP contribution in [0.25, 0.3) is 0 Å². The van der Waals surface area contributed by atoms with E-state index in [0.29, 0.717) is 12.2 Å².